The molecule has 1 aromatic carbocycles. The number of allylic oxidation sites excluding steroid dienone is 1. The monoisotopic (exact) mass is 611 g/mol. The number of aromatic nitrogens is 4. The van der Waals surface area contributed by atoms with Crippen molar-refractivity contribution in [2.45, 2.75) is 56.0 Å². The number of pyridine rings is 1. The van der Waals surface area contributed by atoms with E-state index in [0.29, 0.717) is 28.9 Å². The summed E-state index contributed by atoms with van der Waals surface area (Å²) in [4.78, 5) is 13.3. The second-order valence-electron chi connectivity index (χ2n) is 10.9. The Balaban J connectivity index is 1.36. The van der Waals surface area contributed by atoms with Crippen molar-refractivity contribution in [3.05, 3.63) is 71.2 Å². The maximum Gasteiger partial charge on any atom is 0.264 e. The molecule has 42 heavy (non-hydrogen) atoms. The zero-order valence-corrected chi connectivity index (χ0v) is 24.7. The lowest BCUT2D eigenvalue weighted by Crippen LogP contribution is -2.50. The number of hydrogen-bond acceptors (Lipinski definition) is 8. The van der Waals surface area contributed by atoms with Crippen molar-refractivity contribution in [1.82, 2.24) is 24.7 Å². The highest BCUT2D eigenvalue weighted by molar-refractivity contribution is 7.92. The van der Waals surface area contributed by atoms with Gasteiger partial charge in [-0.05, 0) is 43.0 Å². The highest BCUT2D eigenvalue weighted by atomic mass is 35.5. The molecule has 1 aliphatic carbocycles. The quantitative estimate of drug-likeness (QED) is 0.253. The lowest BCUT2D eigenvalue weighted by Gasteiger charge is -2.33. The normalized spacial score (nSPS) is 17.8. The lowest BCUT2D eigenvalue weighted by atomic mass is 9.92. The minimum atomic E-state index is -4.17. The Morgan fingerprint density at radius 3 is 2.60 bits per heavy atom. The Labute approximate surface area is 248 Å². The van der Waals surface area contributed by atoms with Crippen LogP contribution >= 0.6 is 11.6 Å². The molecule has 0 amide bonds. The molecule has 0 spiro atoms. The number of rotatable bonds is 8. The smallest absolute Gasteiger partial charge is 0.264 e. The van der Waals surface area contributed by atoms with Crippen molar-refractivity contribution in [3.63, 3.8) is 0 Å². The molecule has 4 heterocycles. The summed E-state index contributed by atoms with van der Waals surface area (Å²) in [5.74, 6) is -0.312. The van der Waals surface area contributed by atoms with Crippen molar-refractivity contribution in [1.29, 1.82) is 0 Å². The fourth-order valence-corrected chi connectivity index (χ4v) is 6.89. The van der Waals surface area contributed by atoms with Crippen molar-refractivity contribution >= 4 is 44.3 Å². The van der Waals surface area contributed by atoms with Crippen LogP contribution in [0.2, 0.25) is 5.02 Å². The third-order valence-electron chi connectivity index (χ3n) is 7.55. The minimum absolute atomic E-state index is 0.0133. The van der Waals surface area contributed by atoms with Crippen LogP contribution in [0, 0.1) is 5.82 Å². The number of fused-ring (bicyclic) bond motifs is 1. The number of hydrogen-bond donors (Lipinski definition) is 3. The Bertz CT molecular complexity index is 1800. The number of anilines is 2. The molecule has 6 rings (SSSR count). The summed E-state index contributed by atoms with van der Waals surface area (Å²) < 4.78 is 50.5. The van der Waals surface area contributed by atoms with E-state index < -0.39 is 21.7 Å². The number of benzene rings is 1. The van der Waals surface area contributed by atoms with Gasteiger partial charge in [-0.2, -0.15) is 0 Å². The summed E-state index contributed by atoms with van der Waals surface area (Å²) in [5.41, 5.74) is 9.75. The second kappa shape index (κ2) is 11.3. The number of halogens is 2. The predicted octanol–water partition coefficient (Wildman–Crippen LogP) is 5.01. The molecule has 0 unspecified atom stereocenters. The SMILES string of the molecule is CC(C)c1nc(-c2cnc(NS(=O)(=O)c3ccccc3Cl)c(F)c2)c2c(N)ncc(C3=CC[C@H](NC4COC4)CC3)n12. The van der Waals surface area contributed by atoms with E-state index in [0.717, 1.165) is 49.6 Å². The first kappa shape index (κ1) is 28.5. The first-order valence-electron chi connectivity index (χ1n) is 13.8. The first-order valence-corrected chi connectivity index (χ1v) is 15.6. The van der Waals surface area contributed by atoms with Gasteiger partial charge in [-0.25, -0.2) is 27.8 Å². The summed E-state index contributed by atoms with van der Waals surface area (Å²) in [6.07, 6.45) is 8.09. The van der Waals surface area contributed by atoms with E-state index in [2.05, 4.69) is 26.1 Å². The van der Waals surface area contributed by atoms with Gasteiger partial charge in [0.05, 0.1) is 36.2 Å². The van der Waals surface area contributed by atoms with Crippen molar-refractivity contribution < 1.29 is 17.5 Å². The summed E-state index contributed by atoms with van der Waals surface area (Å²) in [7, 11) is -4.17. The van der Waals surface area contributed by atoms with E-state index in [-0.39, 0.29) is 21.7 Å². The van der Waals surface area contributed by atoms with Crippen LogP contribution in [0.25, 0.3) is 22.3 Å². The van der Waals surface area contributed by atoms with E-state index in [1.54, 1.807) is 12.3 Å². The molecule has 13 heteroatoms. The molecule has 1 aliphatic heterocycles. The molecule has 3 aromatic heterocycles. The zero-order valence-electron chi connectivity index (χ0n) is 23.1. The van der Waals surface area contributed by atoms with Gasteiger partial charge in [0.15, 0.2) is 11.6 Å². The highest BCUT2D eigenvalue weighted by Crippen LogP contribution is 2.36. The fourth-order valence-electron chi connectivity index (χ4n) is 5.35. The third-order valence-corrected chi connectivity index (χ3v) is 9.39. The fraction of sp³-hybridized carbons (Fsp3) is 0.345. The molecule has 1 fully saturated rings. The van der Waals surface area contributed by atoms with Gasteiger partial charge in [-0.15, -0.1) is 0 Å². The van der Waals surface area contributed by atoms with E-state index in [1.807, 2.05) is 18.2 Å². The predicted molar refractivity (Wildman–Crippen MR) is 160 cm³/mol. The molecule has 1 atom stereocenters. The number of ether oxygens (including phenoxy) is 1. The van der Waals surface area contributed by atoms with Gasteiger partial charge in [-0.3, -0.25) is 9.12 Å². The van der Waals surface area contributed by atoms with Crippen LogP contribution in [0.3, 0.4) is 0 Å². The van der Waals surface area contributed by atoms with Gasteiger partial charge in [0.1, 0.15) is 27.7 Å². The summed E-state index contributed by atoms with van der Waals surface area (Å²) >= 11 is 6.05. The molecule has 2 aliphatic rings. The van der Waals surface area contributed by atoms with Crippen LogP contribution in [0.4, 0.5) is 16.0 Å². The van der Waals surface area contributed by atoms with Crippen molar-refractivity contribution in [3.8, 4) is 11.3 Å². The maximum atomic E-state index is 15.3. The Morgan fingerprint density at radius 2 is 1.95 bits per heavy atom. The minimum Gasteiger partial charge on any atom is -0.382 e. The molecule has 10 nitrogen and oxygen atoms in total. The van der Waals surface area contributed by atoms with Crippen LogP contribution in [-0.4, -0.2) is 53.1 Å². The van der Waals surface area contributed by atoms with E-state index >= 15 is 4.39 Å². The van der Waals surface area contributed by atoms with Crippen LogP contribution < -0.4 is 15.8 Å². The molecule has 0 bridgehead atoms. The van der Waals surface area contributed by atoms with Crippen molar-refractivity contribution in [2.75, 3.05) is 23.7 Å². The zero-order chi connectivity index (χ0) is 29.6. The van der Waals surface area contributed by atoms with Crippen LogP contribution in [-0.2, 0) is 14.8 Å². The second-order valence-corrected chi connectivity index (χ2v) is 12.9. The van der Waals surface area contributed by atoms with Gasteiger partial charge in [0.2, 0.25) is 0 Å². The topological polar surface area (TPSA) is 137 Å². The average molecular weight is 612 g/mol. The Kier molecular flexibility index (Phi) is 7.64. The maximum absolute atomic E-state index is 15.3. The number of nitrogens with two attached hydrogens (primary N) is 1. The molecule has 0 saturated carbocycles. The number of nitrogens with zero attached hydrogens (tertiary/aromatic N) is 4. The lowest BCUT2D eigenvalue weighted by molar-refractivity contribution is -0.0103. The molecule has 0 radical (unpaired) electrons. The van der Waals surface area contributed by atoms with Crippen LogP contribution in [0.1, 0.15) is 50.5 Å². The van der Waals surface area contributed by atoms with Gasteiger partial charge in [0, 0.05) is 23.7 Å². The first-order chi connectivity index (χ1) is 20.1. The van der Waals surface area contributed by atoms with E-state index in [9.17, 15) is 8.42 Å². The van der Waals surface area contributed by atoms with Gasteiger partial charge in [-0.1, -0.05) is 43.7 Å². The van der Waals surface area contributed by atoms with Crippen molar-refractivity contribution in [2.24, 2.45) is 0 Å². The molecular weight excluding hydrogens is 581 g/mol. The van der Waals surface area contributed by atoms with Crippen LogP contribution in [0.15, 0.2) is 53.7 Å². The molecule has 1 saturated heterocycles. The number of sulfonamides is 1. The van der Waals surface area contributed by atoms with Crippen LogP contribution in [0.5, 0.6) is 0 Å². The summed E-state index contributed by atoms with van der Waals surface area (Å²) in [6, 6.07) is 7.91. The molecule has 4 aromatic rings. The average Bonchev–Trinajstić information content (AvgIpc) is 3.35. The summed E-state index contributed by atoms with van der Waals surface area (Å²) in [6.45, 7) is 5.57. The molecule has 220 valence electrons. The van der Waals surface area contributed by atoms with E-state index in [4.69, 9.17) is 27.1 Å². The standard InChI is InChI=1S/C29H31ClFN7O3S/c1-16(2)29-36-25(18-11-22(31)28(34-12-18)37-42(39,40)24-6-4-3-5-21(24)30)26-27(32)33-13-23(38(26)29)17-7-9-19(10-8-17)35-20-14-41-15-20/h3-7,11-13,16,19-20,35H,8-10,14-15H2,1-2H3,(H2,32,33)(H,34,37)/t19-/m0/s1. The third kappa shape index (κ3) is 5.35. The summed E-state index contributed by atoms with van der Waals surface area (Å²) in [5, 5.41) is 3.66. The van der Waals surface area contributed by atoms with E-state index in [1.165, 1.54) is 30.5 Å². The Hall–Kier alpha value is -3.58. The Morgan fingerprint density at radius 1 is 1.17 bits per heavy atom. The highest BCUT2D eigenvalue weighted by Gasteiger charge is 2.27. The number of nitrogens with one attached hydrogen (secondary N) is 2. The molecular formula is C29H31ClFN7O3S. The molecule has 4 N–H and O–H groups in total. The van der Waals surface area contributed by atoms with Gasteiger partial charge in [0.25, 0.3) is 10.0 Å². The number of nitrogen functional groups attached to an aromatic ring is 1. The largest absolute Gasteiger partial charge is 0.382 e. The van der Waals surface area contributed by atoms with Gasteiger partial charge >= 0.3 is 0 Å². The number of imidazole rings is 1. The van der Waals surface area contributed by atoms with Gasteiger partial charge < -0.3 is 15.8 Å².